The molecule has 1 aliphatic rings. The Kier molecular flexibility index (Phi) is 3.64. The number of anilines is 2. The van der Waals surface area contributed by atoms with E-state index in [2.05, 4.69) is 4.90 Å². The molecule has 0 spiro atoms. The van der Waals surface area contributed by atoms with Gasteiger partial charge in [0.1, 0.15) is 0 Å². The van der Waals surface area contributed by atoms with Crippen molar-refractivity contribution in [1.29, 1.82) is 0 Å². The lowest BCUT2D eigenvalue weighted by Crippen LogP contribution is -2.42. The summed E-state index contributed by atoms with van der Waals surface area (Å²) in [4.78, 5) is 16.0. The number of para-hydroxylation sites is 2. The summed E-state index contributed by atoms with van der Waals surface area (Å²) in [6.45, 7) is 1.64. The summed E-state index contributed by atoms with van der Waals surface area (Å²) in [6.07, 6.45) is 0.946. The highest BCUT2D eigenvalue weighted by Gasteiger charge is 2.23. The van der Waals surface area contributed by atoms with Gasteiger partial charge in [0.2, 0.25) is 5.91 Å². The number of aliphatic hydroxyl groups is 1. The fourth-order valence-corrected chi connectivity index (χ4v) is 2.13. The van der Waals surface area contributed by atoms with Crippen LogP contribution in [0, 0.1) is 0 Å². The summed E-state index contributed by atoms with van der Waals surface area (Å²) < 4.78 is 0. The second-order valence-electron chi connectivity index (χ2n) is 4.28. The maximum absolute atomic E-state index is 12.0. The smallest absolute Gasteiger partial charge is 0.227 e. The topological polar surface area (TPSA) is 43.8 Å². The third kappa shape index (κ3) is 2.42. The first-order valence-corrected chi connectivity index (χ1v) is 5.95. The van der Waals surface area contributed by atoms with Gasteiger partial charge in [-0.15, -0.1) is 0 Å². The molecule has 92 valence electrons. The predicted molar refractivity (Wildman–Crippen MR) is 68.4 cm³/mol. The van der Waals surface area contributed by atoms with Gasteiger partial charge in [0.25, 0.3) is 0 Å². The zero-order chi connectivity index (χ0) is 12.3. The molecule has 0 fully saturated rings. The van der Waals surface area contributed by atoms with Crippen LogP contribution >= 0.6 is 0 Å². The Balaban J connectivity index is 2.21. The van der Waals surface area contributed by atoms with E-state index in [1.807, 2.05) is 36.2 Å². The summed E-state index contributed by atoms with van der Waals surface area (Å²) in [6, 6.07) is 7.93. The van der Waals surface area contributed by atoms with E-state index in [4.69, 9.17) is 5.11 Å². The number of benzene rings is 1. The average Bonchev–Trinajstić information content (AvgIpc) is 2.37. The maximum Gasteiger partial charge on any atom is 0.227 e. The first-order valence-electron chi connectivity index (χ1n) is 5.95. The van der Waals surface area contributed by atoms with Crippen molar-refractivity contribution >= 4 is 17.3 Å². The normalized spacial score (nSPS) is 14.7. The molecule has 4 heteroatoms. The van der Waals surface area contributed by atoms with Crippen LogP contribution in [-0.4, -0.2) is 37.8 Å². The van der Waals surface area contributed by atoms with Crippen LogP contribution in [-0.2, 0) is 4.79 Å². The quantitative estimate of drug-likeness (QED) is 0.855. The fourth-order valence-electron chi connectivity index (χ4n) is 2.13. The van der Waals surface area contributed by atoms with Gasteiger partial charge in [-0.1, -0.05) is 12.1 Å². The number of fused-ring (bicyclic) bond motifs is 1. The van der Waals surface area contributed by atoms with Crippen molar-refractivity contribution in [2.45, 2.75) is 12.8 Å². The van der Waals surface area contributed by atoms with Crippen LogP contribution < -0.4 is 9.80 Å². The highest BCUT2D eigenvalue weighted by Crippen LogP contribution is 2.32. The average molecular weight is 234 g/mol. The first-order chi connectivity index (χ1) is 8.24. The number of rotatable bonds is 3. The third-order valence-electron chi connectivity index (χ3n) is 3.09. The van der Waals surface area contributed by atoms with E-state index < -0.39 is 0 Å². The summed E-state index contributed by atoms with van der Waals surface area (Å²) in [7, 11) is 2.04. The highest BCUT2D eigenvalue weighted by atomic mass is 16.3. The summed E-state index contributed by atoms with van der Waals surface area (Å²) in [5.41, 5.74) is 2.07. The van der Waals surface area contributed by atoms with Crippen LogP contribution in [0.5, 0.6) is 0 Å². The zero-order valence-electron chi connectivity index (χ0n) is 10.1. The number of carbonyl (C=O) groups excluding carboxylic acids is 1. The molecular formula is C13H18N2O2. The molecular weight excluding hydrogens is 216 g/mol. The Morgan fingerprint density at radius 1 is 1.29 bits per heavy atom. The zero-order valence-corrected chi connectivity index (χ0v) is 10.1. The predicted octanol–water partition coefficient (Wildman–Crippen LogP) is 1.24. The van der Waals surface area contributed by atoms with Crippen molar-refractivity contribution < 1.29 is 9.90 Å². The minimum atomic E-state index is 0.0706. The van der Waals surface area contributed by atoms with Gasteiger partial charge < -0.3 is 14.9 Å². The van der Waals surface area contributed by atoms with Crippen LogP contribution in [0.15, 0.2) is 24.3 Å². The van der Waals surface area contributed by atoms with Gasteiger partial charge in [0.05, 0.1) is 11.4 Å². The Morgan fingerprint density at radius 3 is 2.71 bits per heavy atom. The first kappa shape index (κ1) is 11.9. The van der Waals surface area contributed by atoms with Crippen molar-refractivity contribution in [3.8, 4) is 0 Å². The summed E-state index contributed by atoms with van der Waals surface area (Å²) in [5.74, 6) is 0.0969. The fraction of sp³-hybridized carbons (Fsp3) is 0.462. The molecule has 17 heavy (non-hydrogen) atoms. The second-order valence-corrected chi connectivity index (χ2v) is 4.28. The minimum absolute atomic E-state index is 0.0706. The van der Waals surface area contributed by atoms with E-state index in [1.54, 1.807) is 0 Å². The number of hydrogen-bond acceptors (Lipinski definition) is 3. The van der Waals surface area contributed by atoms with Crippen molar-refractivity contribution in [3.05, 3.63) is 24.3 Å². The number of aliphatic hydroxyl groups excluding tert-OH is 1. The Labute approximate surface area is 101 Å². The number of amides is 1. The van der Waals surface area contributed by atoms with Crippen LogP contribution in [0.2, 0.25) is 0 Å². The molecule has 0 saturated heterocycles. The number of carbonyl (C=O) groups is 1. The number of likely N-dealkylation sites (N-methyl/N-ethyl adjacent to an activating group) is 1. The molecule has 0 radical (unpaired) electrons. The maximum atomic E-state index is 12.0. The Hall–Kier alpha value is -1.55. The van der Waals surface area contributed by atoms with Crippen molar-refractivity contribution in [1.82, 2.24) is 0 Å². The van der Waals surface area contributed by atoms with E-state index in [0.29, 0.717) is 12.8 Å². The van der Waals surface area contributed by atoms with Crippen LogP contribution in [0.4, 0.5) is 11.4 Å². The minimum Gasteiger partial charge on any atom is -0.396 e. The van der Waals surface area contributed by atoms with Gasteiger partial charge in [0.15, 0.2) is 0 Å². The lowest BCUT2D eigenvalue weighted by molar-refractivity contribution is -0.118. The van der Waals surface area contributed by atoms with E-state index in [1.165, 1.54) is 0 Å². The lowest BCUT2D eigenvalue weighted by Gasteiger charge is -2.35. The van der Waals surface area contributed by atoms with Gasteiger partial charge in [0, 0.05) is 33.2 Å². The van der Waals surface area contributed by atoms with Crippen molar-refractivity contribution in [2.75, 3.05) is 36.5 Å². The van der Waals surface area contributed by atoms with Gasteiger partial charge in [-0.2, -0.15) is 0 Å². The lowest BCUT2D eigenvalue weighted by atomic mass is 10.1. The van der Waals surface area contributed by atoms with Gasteiger partial charge in [-0.25, -0.2) is 0 Å². The molecule has 0 unspecified atom stereocenters. The number of hydrogen-bond donors (Lipinski definition) is 1. The third-order valence-corrected chi connectivity index (χ3v) is 3.09. The van der Waals surface area contributed by atoms with Crippen LogP contribution in [0.3, 0.4) is 0 Å². The van der Waals surface area contributed by atoms with E-state index in [0.717, 1.165) is 24.5 Å². The van der Waals surface area contributed by atoms with Crippen LogP contribution in [0.25, 0.3) is 0 Å². The van der Waals surface area contributed by atoms with Crippen LogP contribution in [0.1, 0.15) is 12.8 Å². The molecule has 0 bridgehead atoms. The summed E-state index contributed by atoms with van der Waals surface area (Å²) >= 11 is 0. The molecule has 0 saturated carbocycles. The molecule has 1 aromatic carbocycles. The molecule has 0 atom stereocenters. The molecule has 2 rings (SSSR count). The van der Waals surface area contributed by atoms with Gasteiger partial charge >= 0.3 is 0 Å². The standard InChI is InChI=1S/C13H18N2O2/c1-14-8-9-15(13(17)7-4-10-16)12-6-3-2-5-11(12)14/h2-3,5-6,16H,4,7-10H2,1H3. The van der Waals surface area contributed by atoms with Gasteiger partial charge in [-0.05, 0) is 18.6 Å². The molecule has 1 N–H and O–H groups in total. The molecule has 4 nitrogen and oxygen atoms in total. The SMILES string of the molecule is CN1CCN(C(=O)CCCO)c2ccccc21. The van der Waals surface area contributed by atoms with Crippen molar-refractivity contribution in [3.63, 3.8) is 0 Å². The Morgan fingerprint density at radius 2 is 2.00 bits per heavy atom. The van der Waals surface area contributed by atoms with E-state index in [-0.39, 0.29) is 12.5 Å². The second kappa shape index (κ2) is 5.19. The molecule has 0 aromatic heterocycles. The van der Waals surface area contributed by atoms with Crippen molar-refractivity contribution in [2.24, 2.45) is 0 Å². The highest BCUT2D eigenvalue weighted by molar-refractivity contribution is 5.97. The van der Waals surface area contributed by atoms with E-state index in [9.17, 15) is 4.79 Å². The van der Waals surface area contributed by atoms with E-state index >= 15 is 0 Å². The molecule has 0 aliphatic carbocycles. The molecule has 1 aliphatic heterocycles. The monoisotopic (exact) mass is 234 g/mol. The number of nitrogens with zero attached hydrogens (tertiary/aromatic N) is 2. The summed E-state index contributed by atoms with van der Waals surface area (Å²) in [5, 5.41) is 8.77. The van der Waals surface area contributed by atoms with Gasteiger partial charge in [-0.3, -0.25) is 4.79 Å². The molecule has 1 aromatic rings. The largest absolute Gasteiger partial charge is 0.396 e. The molecule has 1 heterocycles. The Bertz CT molecular complexity index is 406. The molecule has 1 amide bonds.